The number of nitrogens with zero attached hydrogens (tertiary/aromatic N) is 2. The van der Waals surface area contributed by atoms with Crippen molar-refractivity contribution in [2.45, 2.75) is 13.8 Å². The van der Waals surface area contributed by atoms with Crippen molar-refractivity contribution in [3.05, 3.63) is 17.2 Å². The first-order valence-electron chi connectivity index (χ1n) is 3.16. The number of aromatic nitrogens is 2. The highest BCUT2D eigenvalue weighted by molar-refractivity contribution is 5.93. The predicted octanol–water partition coefficient (Wildman–Crippen LogP) is 0.121. The number of aromatic amines is 1. The van der Waals surface area contributed by atoms with E-state index in [0.29, 0.717) is 5.82 Å². The highest BCUT2D eigenvalue weighted by atomic mass is 16.4. The van der Waals surface area contributed by atoms with Crippen molar-refractivity contribution >= 4 is 5.84 Å². The Bertz CT molecular complexity index is 269. The van der Waals surface area contributed by atoms with E-state index in [1.54, 1.807) is 0 Å². The van der Waals surface area contributed by atoms with E-state index in [1.165, 1.54) is 0 Å². The molecule has 0 atom stereocenters. The molecule has 0 aliphatic heterocycles. The van der Waals surface area contributed by atoms with Crippen molar-refractivity contribution in [3.63, 3.8) is 0 Å². The molecule has 5 nitrogen and oxygen atoms in total. The van der Waals surface area contributed by atoms with E-state index in [0.717, 1.165) is 11.4 Å². The fourth-order valence-electron chi connectivity index (χ4n) is 0.716. The average molecular weight is 154 g/mol. The minimum atomic E-state index is 0.00111. The Morgan fingerprint density at radius 1 is 1.64 bits per heavy atom. The summed E-state index contributed by atoms with van der Waals surface area (Å²) in [6, 6.07) is 0. The van der Waals surface area contributed by atoms with Crippen molar-refractivity contribution in [2.24, 2.45) is 10.9 Å². The number of H-pyrrole nitrogens is 1. The number of imidazole rings is 1. The van der Waals surface area contributed by atoms with Crippen LogP contribution in [-0.2, 0) is 0 Å². The Morgan fingerprint density at radius 2 is 2.27 bits per heavy atom. The maximum absolute atomic E-state index is 8.29. The third-order valence-corrected chi connectivity index (χ3v) is 1.48. The fourth-order valence-corrected chi connectivity index (χ4v) is 0.716. The number of oxime groups is 1. The minimum absolute atomic E-state index is 0.00111. The quantitative estimate of drug-likeness (QED) is 0.232. The van der Waals surface area contributed by atoms with Gasteiger partial charge in [0.05, 0.1) is 5.69 Å². The standard InChI is InChI=1S/C6H10N4O/c1-3-4(2)9-6(8-3)5(7)10-11/h11H,1-2H3,(H2,7,10)(H,8,9). The molecule has 0 aliphatic rings. The van der Waals surface area contributed by atoms with Gasteiger partial charge in [0.15, 0.2) is 5.82 Å². The van der Waals surface area contributed by atoms with Gasteiger partial charge in [-0.3, -0.25) is 0 Å². The lowest BCUT2D eigenvalue weighted by Gasteiger charge is -1.88. The molecule has 60 valence electrons. The van der Waals surface area contributed by atoms with E-state index >= 15 is 0 Å². The summed E-state index contributed by atoms with van der Waals surface area (Å²) in [6.07, 6.45) is 0. The highest BCUT2D eigenvalue weighted by Crippen LogP contribution is 2.01. The normalized spacial score (nSPS) is 12.0. The number of nitrogens with one attached hydrogen (secondary N) is 1. The van der Waals surface area contributed by atoms with Crippen LogP contribution >= 0.6 is 0 Å². The lowest BCUT2D eigenvalue weighted by atomic mass is 10.4. The molecule has 5 heteroatoms. The predicted molar refractivity (Wildman–Crippen MR) is 40.6 cm³/mol. The van der Waals surface area contributed by atoms with Gasteiger partial charge < -0.3 is 15.9 Å². The Hall–Kier alpha value is -1.52. The molecule has 1 rings (SSSR count). The summed E-state index contributed by atoms with van der Waals surface area (Å²) >= 11 is 0. The monoisotopic (exact) mass is 154 g/mol. The molecule has 0 amide bonds. The van der Waals surface area contributed by atoms with Gasteiger partial charge in [-0.15, -0.1) is 0 Å². The summed E-state index contributed by atoms with van der Waals surface area (Å²) in [5, 5.41) is 11.1. The molecule has 0 saturated heterocycles. The van der Waals surface area contributed by atoms with Crippen molar-refractivity contribution in [1.82, 2.24) is 9.97 Å². The van der Waals surface area contributed by atoms with Gasteiger partial charge in [-0.25, -0.2) is 4.98 Å². The van der Waals surface area contributed by atoms with E-state index in [9.17, 15) is 0 Å². The molecule has 0 spiro atoms. The summed E-state index contributed by atoms with van der Waals surface area (Å²) in [7, 11) is 0. The van der Waals surface area contributed by atoms with Crippen molar-refractivity contribution < 1.29 is 5.21 Å². The molecule has 11 heavy (non-hydrogen) atoms. The molecule has 1 aromatic rings. The summed E-state index contributed by atoms with van der Waals surface area (Å²) in [5.74, 6) is 0.406. The topological polar surface area (TPSA) is 87.3 Å². The Kier molecular flexibility index (Phi) is 1.80. The highest BCUT2D eigenvalue weighted by Gasteiger charge is 2.05. The van der Waals surface area contributed by atoms with Gasteiger partial charge >= 0.3 is 0 Å². The lowest BCUT2D eigenvalue weighted by Crippen LogP contribution is -2.14. The number of hydrogen-bond donors (Lipinski definition) is 3. The van der Waals surface area contributed by atoms with Crippen LogP contribution in [0.3, 0.4) is 0 Å². The smallest absolute Gasteiger partial charge is 0.205 e. The van der Waals surface area contributed by atoms with Crippen LogP contribution in [0.2, 0.25) is 0 Å². The number of rotatable bonds is 1. The summed E-state index contributed by atoms with van der Waals surface area (Å²) in [6.45, 7) is 3.72. The second-order valence-electron chi connectivity index (χ2n) is 2.28. The fraction of sp³-hybridized carbons (Fsp3) is 0.333. The van der Waals surface area contributed by atoms with Crippen LogP contribution in [0.15, 0.2) is 5.16 Å². The number of nitrogens with two attached hydrogens (primary N) is 1. The zero-order valence-electron chi connectivity index (χ0n) is 6.42. The molecule has 0 unspecified atom stereocenters. The maximum Gasteiger partial charge on any atom is 0.205 e. The van der Waals surface area contributed by atoms with Gasteiger partial charge in [0, 0.05) is 5.69 Å². The Balaban J connectivity index is 3.07. The third kappa shape index (κ3) is 1.31. The maximum atomic E-state index is 8.29. The van der Waals surface area contributed by atoms with E-state index in [1.807, 2.05) is 13.8 Å². The van der Waals surface area contributed by atoms with Crippen LogP contribution in [-0.4, -0.2) is 21.0 Å². The largest absolute Gasteiger partial charge is 0.409 e. The second kappa shape index (κ2) is 2.61. The van der Waals surface area contributed by atoms with Crippen LogP contribution < -0.4 is 5.73 Å². The molecule has 0 aliphatic carbocycles. The third-order valence-electron chi connectivity index (χ3n) is 1.48. The first-order valence-corrected chi connectivity index (χ1v) is 3.16. The first kappa shape index (κ1) is 7.59. The lowest BCUT2D eigenvalue weighted by molar-refractivity contribution is 0.318. The van der Waals surface area contributed by atoms with Crippen LogP contribution in [0.4, 0.5) is 0 Å². The van der Waals surface area contributed by atoms with Crippen LogP contribution in [0.5, 0.6) is 0 Å². The minimum Gasteiger partial charge on any atom is -0.409 e. The summed E-state index contributed by atoms with van der Waals surface area (Å²) in [4.78, 5) is 6.88. The second-order valence-corrected chi connectivity index (χ2v) is 2.28. The van der Waals surface area contributed by atoms with Crippen LogP contribution in [0.1, 0.15) is 17.2 Å². The first-order chi connectivity index (χ1) is 5.15. The number of hydrogen-bond acceptors (Lipinski definition) is 3. The molecule has 0 saturated carbocycles. The molecule has 0 fully saturated rings. The van der Waals surface area contributed by atoms with E-state index in [-0.39, 0.29) is 5.84 Å². The molecule has 0 bridgehead atoms. The number of amidine groups is 1. The van der Waals surface area contributed by atoms with Crippen molar-refractivity contribution in [1.29, 1.82) is 0 Å². The molecule has 1 heterocycles. The van der Waals surface area contributed by atoms with Crippen LogP contribution in [0.25, 0.3) is 0 Å². The van der Waals surface area contributed by atoms with Crippen molar-refractivity contribution in [3.8, 4) is 0 Å². The van der Waals surface area contributed by atoms with Crippen LogP contribution in [0, 0.1) is 13.8 Å². The van der Waals surface area contributed by atoms with Gasteiger partial charge in [-0.1, -0.05) is 5.16 Å². The molecule has 0 radical (unpaired) electrons. The summed E-state index contributed by atoms with van der Waals surface area (Å²) < 4.78 is 0. The SMILES string of the molecule is Cc1nc(/C(N)=N/O)[nH]c1C. The van der Waals surface area contributed by atoms with E-state index < -0.39 is 0 Å². The molecular formula is C6H10N4O. The molecule has 4 N–H and O–H groups in total. The summed E-state index contributed by atoms with van der Waals surface area (Å²) in [5.41, 5.74) is 7.06. The molecule has 0 aromatic carbocycles. The van der Waals surface area contributed by atoms with Crippen molar-refractivity contribution in [2.75, 3.05) is 0 Å². The Morgan fingerprint density at radius 3 is 2.64 bits per heavy atom. The molecular weight excluding hydrogens is 144 g/mol. The van der Waals surface area contributed by atoms with E-state index in [4.69, 9.17) is 10.9 Å². The molecule has 1 aromatic heterocycles. The van der Waals surface area contributed by atoms with Gasteiger partial charge in [-0.05, 0) is 13.8 Å². The van der Waals surface area contributed by atoms with Gasteiger partial charge in [0.2, 0.25) is 5.84 Å². The zero-order chi connectivity index (χ0) is 8.43. The zero-order valence-corrected chi connectivity index (χ0v) is 6.42. The van der Waals surface area contributed by atoms with Gasteiger partial charge in [0.1, 0.15) is 0 Å². The van der Waals surface area contributed by atoms with Gasteiger partial charge in [-0.2, -0.15) is 0 Å². The number of aryl methyl sites for hydroxylation is 2. The van der Waals surface area contributed by atoms with E-state index in [2.05, 4.69) is 15.1 Å². The van der Waals surface area contributed by atoms with Gasteiger partial charge in [0.25, 0.3) is 0 Å². The average Bonchev–Trinajstić information content (AvgIpc) is 2.31. The Labute approximate surface area is 63.9 Å².